The lowest BCUT2D eigenvalue weighted by atomic mass is 9.98. The molecule has 1 aromatic carbocycles. The van der Waals surface area contributed by atoms with Gasteiger partial charge in [-0.15, -0.1) is 0 Å². The molecule has 3 nitrogen and oxygen atoms in total. The zero-order valence-corrected chi connectivity index (χ0v) is 12.0. The summed E-state index contributed by atoms with van der Waals surface area (Å²) in [7, 11) is 0. The molecule has 1 aromatic rings. The van der Waals surface area contributed by atoms with Crippen LogP contribution in [0.4, 0.5) is 0 Å². The molecule has 0 saturated carbocycles. The minimum atomic E-state index is -0.327. The molecule has 1 N–H and O–H groups in total. The highest BCUT2D eigenvalue weighted by molar-refractivity contribution is 5.83. The second kappa shape index (κ2) is 5.74. The summed E-state index contributed by atoms with van der Waals surface area (Å²) in [6.07, 6.45) is 0.580. The first-order valence-electron chi connectivity index (χ1n) is 7.02. The van der Waals surface area contributed by atoms with E-state index in [2.05, 4.69) is 6.07 Å². The number of likely N-dealkylation sites (tertiary alicyclic amines) is 1. The first-order chi connectivity index (χ1) is 8.99. The molecule has 1 aliphatic rings. The Kier molecular flexibility index (Phi) is 4.25. The fourth-order valence-electron chi connectivity index (χ4n) is 2.74. The van der Waals surface area contributed by atoms with Crippen molar-refractivity contribution in [1.82, 2.24) is 4.90 Å². The van der Waals surface area contributed by atoms with Gasteiger partial charge in [-0.1, -0.05) is 29.8 Å². The predicted octanol–water partition coefficient (Wildman–Crippen LogP) is 2.33. The Bertz CT molecular complexity index is 456. The van der Waals surface area contributed by atoms with Crippen LogP contribution in [0.2, 0.25) is 0 Å². The van der Waals surface area contributed by atoms with Gasteiger partial charge in [-0.05, 0) is 32.8 Å². The Balaban J connectivity index is 2.04. The topological polar surface area (TPSA) is 40.5 Å². The average Bonchev–Trinajstić information content (AvgIpc) is 2.86. The number of rotatable bonds is 3. The summed E-state index contributed by atoms with van der Waals surface area (Å²) in [5.41, 5.74) is 2.26. The maximum Gasteiger partial charge on any atom is 0.229 e. The van der Waals surface area contributed by atoms with Gasteiger partial charge in [-0.2, -0.15) is 0 Å². The lowest BCUT2D eigenvalue weighted by Crippen LogP contribution is -2.33. The van der Waals surface area contributed by atoms with E-state index >= 15 is 0 Å². The van der Waals surface area contributed by atoms with Crippen molar-refractivity contribution in [1.29, 1.82) is 0 Å². The molecule has 0 bridgehead atoms. The van der Waals surface area contributed by atoms with Crippen LogP contribution in [-0.4, -0.2) is 35.1 Å². The van der Waals surface area contributed by atoms with Crippen LogP contribution in [0.5, 0.6) is 0 Å². The standard InChI is InChI=1S/C16H23NO2/c1-11-5-4-6-14(9-11)12(2)16(19)17-8-7-15(10-17)13(3)18/h4-6,9,12-13,15,18H,7-8,10H2,1-3H3. The number of amides is 1. The number of benzene rings is 1. The quantitative estimate of drug-likeness (QED) is 0.907. The van der Waals surface area contributed by atoms with E-state index in [9.17, 15) is 9.90 Å². The van der Waals surface area contributed by atoms with E-state index in [4.69, 9.17) is 0 Å². The Morgan fingerprint density at radius 2 is 2.16 bits per heavy atom. The van der Waals surface area contributed by atoms with E-state index in [1.165, 1.54) is 5.56 Å². The summed E-state index contributed by atoms with van der Waals surface area (Å²) < 4.78 is 0. The normalized spacial score (nSPS) is 22.3. The van der Waals surface area contributed by atoms with Crippen molar-refractivity contribution in [2.24, 2.45) is 5.92 Å². The van der Waals surface area contributed by atoms with Gasteiger partial charge < -0.3 is 10.0 Å². The molecule has 1 aliphatic heterocycles. The summed E-state index contributed by atoms with van der Waals surface area (Å²) in [6.45, 7) is 7.27. The van der Waals surface area contributed by atoms with Crippen LogP contribution in [0.25, 0.3) is 0 Å². The highest BCUT2D eigenvalue weighted by Gasteiger charge is 2.31. The Morgan fingerprint density at radius 3 is 2.74 bits per heavy atom. The van der Waals surface area contributed by atoms with E-state index in [0.717, 1.165) is 18.5 Å². The van der Waals surface area contributed by atoms with Gasteiger partial charge in [0.25, 0.3) is 0 Å². The van der Waals surface area contributed by atoms with E-state index in [1.807, 2.05) is 43.9 Å². The highest BCUT2D eigenvalue weighted by Crippen LogP contribution is 2.25. The SMILES string of the molecule is Cc1cccc(C(C)C(=O)N2CCC(C(C)O)C2)c1. The molecule has 104 valence electrons. The smallest absolute Gasteiger partial charge is 0.229 e. The van der Waals surface area contributed by atoms with Crippen LogP contribution in [-0.2, 0) is 4.79 Å². The lowest BCUT2D eigenvalue weighted by molar-refractivity contribution is -0.131. The summed E-state index contributed by atoms with van der Waals surface area (Å²) in [5.74, 6) is 0.301. The number of carbonyl (C=O) groups is 1. The summed E-state index contributed by atoms with van der Waals surface area (Å²) in [4.78, 5) is 14.4. The fourth-order valence-corrected chi connectivity index (χ4v) is 2.74. The molecular formula is C16H23NO2. The van der Waals surface area contributed by atoms with Gasteiger partial charge in [-0.3, -0.25) is 4.79 Å². The molecule has 1 saturated heterocycles. The van der Waals surface area contributed by atoms with Crippen molar-refractivity contribution < 1.29 is 9.90 Å². The van der Waals surface area contributed by atoms with Crippen molar-refractivity contribution in [2.45, 2.75) is 39.2 Å². The van der Waals surface area contributed by atoms with Crippen LogP contribution in [0.3, 0.4) is 0 Å². The Morgan fingerprint density at radius 1 is 1.42 bits per heavy atom. The first kappa shape index (κ1) is 14.1. The fraction of sp³-hybridized carbons (Fsp3) is 0.562. The molecule has 1 amide bonds. The summed E-state index contributed by atoms with van der Waals surface area (Å²) in [6, 6.07) is 8.12. The number of aliphatic hydroxyl groups is 1. The molecule has 0 radical (unpaired) electrons. The van der Waals surface area contributed by atoms with E-state index in [-0.39, 0.29) is 23.8 Å². The van der Waals surface area contributed by atoms with Crippen LogP contribution < -0.4 is 0 Å². The Hall–Kier alpha value is -1.35. The third-order valence-electron chi connectivity index (χ3n) is 4.13. The second-order valence-electron chi connectivity index (χ2n) is 5.71. The van der Waals surface area contributed by atoms with Crippen molar-refractivity contribution in [3.05, 3.63) is 35.4 Å². The number of carbonyl (C=O) groups excluding carboxylic acids is 1. The van der Waals surface area contributed by atoms with E-state index < -0.39 is 0 Å². The number of nitrogens with zero attached hydrogens (tertiary/aromatic N) is 1. The highest BCUT2D eigenvalue weighted by atomic mass is 16.3. The summed E-state index contributed by atoms with van der Waals surface area (Å²) in [5, 5.41) is 9.61. The third-order valence-corrected chi connectivity index (χ3v) is 4.13. The lowest BCUT2D eigenvalue weighted by Gasteiger charge is -2.22. The molecule has 0 aliphatic carbocycles. The van der Waals surface area contributed by atoms with E-state index in [1.54, 1.807) is 0 Å². The predicted molar refractivity (Wildman–Crippen MR) is 76.0 cm³/mol. The van der Waals surface area contributed by atoms with Gasteiger partial charge in [0.05, 0.1) is 12.0 Å². The Labute approximate surface area is 115 Å². The van der Waals surface area contributed by atoms with Gasteiger partial charge >= 0.3 is 0 Å². The third kappa shape index (κ3) is 3.16. The van der Waals surface area contributed by atoms with Gasteiger partial charge in [0.1, 0.15) is 0 Å². The summed E-state index contributed by atoms with van der Waals surface area (Å²) >= 11 is 0. The zero-order valence-electron chi connectivity index (χ0n) is 12.0. The van der Waals surface area contributed by atoms with Gasteiger partial charge in [-0.25, -0.2) is 0 Å². The molecule has 1 fully saturated rings. The number of aryl methyl sites for hydroxylation is 1. The van der Waals surface area contributed by atoms with E-state index in [0.29, 0.717) is 6.54 Å². The molecule has 0 spiro atoms. The minimum absolute atomic E-state index is 0.104. The van der Waals surface area contributed by atoms with Crippen molar-refractivity contribution >= 4 is 5.91 Å². The first-order valence-corrected chi connectivity index (χ1v) is 7.02. The van der Waals surface area contributed by atoms with Crippen LogP contribution in [0.1, 0.15) is 37.3 Å². The monoisotopic (exact) mass is 261 g/mol. The van der Waals surface area contributed by atoms with Crippen LogP contribution >= 0.6 is 0 Å². The molecule has 3 heteroatoms. The maximum absolute atomic E-state index is 12.5. The van der Waals surface area contributed by atoms with Crippen molar-refractivity contribution in [2.75, 3.05) is 13.1 Å². The van der Waals surface area contributed by atoms with Gasteiger partial charge in [0.2, 0.25) is 5.91 Å². The second-order valence-corrected chi connectivity index (χ2v) is 5.71. The maximum atomic E-state index is 12.5. The molecule has 3 unspecified atom stereocenters. The molecular weight excluding hydrogens is 238 g/mol. The largest absolute Gasteiger partial charge is 0.393 e. The number of aliphatic hydroxyl groups excluding tert-OH is 1. The zero-order chi connectivity index (χ0) is 14.0. The van der Waals surface area contributed by atoms with Crippen molar-refractivity contribution in [3.8, 4) is 0 Å². The minimum Gasteiger partial charge on any atom is -0.393 e. The van der Waals surface area contributed by atoms with Crippen molar-refractivity contribution in [3.63, 3.8) is 0 Å². The van der Waals surface area contributed by atoms with Gasteiger partial charge in [0.15, 0.2) is 0 Å². The van der Waals surface area contributed by atoms with Crippen LogP contribution in [0.15, 0.2) is 24.3 Å². The van der Waals surface area contributed by atoms with Crippen LogP contribution in [0, 0.1) is 12.8 Å². The number of hydrogen-bond donors (Lipinski definition) is 1. The molecule has 2 rings (SSSR count). The molecule has 0 aromatic heterocycles. The molecule has 3 atom stereocenters. The molecule has 19 heavy (non-hydrogen) atoms. The number of hydrogen-bond acceptors (Lipinski definition) is 2. The van der Waals surface area contributed by atoms with Gasteiger partial charge in [0, 0.05) is 19.0 Å². The average molecular weight is 261 g/mol. The molecule has 1 heterocycles.